The van der Waals surface area contributed by atoms with Crippen molar-refractivity contribution in [3.05, 3.63) is 35.6 Å². The molecule has 0 aliphatic rings. The Hall–Kier alpha value is -1.32. The highest BCUT2D eigenvalue weighted by atomic mass is 16.3. The Bertz CT molecular complexity index is 474. The van der Waals surface area contributed by atoms with Crippen LogP contribution in [-0.4, -0.2) is 6.04 Å². The van der Waals surface area contributed by atoms with Crippen LogP contribution in [0.25, 0.3) is 11.0 Å². The van der Waals surface area contributed by atoms with Crippen molar-refractivity contribution in [3.63, 3.8) is 0 Å². The van der Waals surface area contributed by atoms with E-state index < -0.39 is 0 Å². The number of nitrogens with one attached hydrogen (secondary N) is 1. The minimum atomic E-state index is 0.466. The van der Waals surface area contributed by atoms with E-state index in [0.29, 0.717) is 12.6 Å². The van der Waals surface area contributed by atoms with Crippen molar-refractivity contribution in [2.24, 2.45) is 5.73 Å². The fourth-order valence-corrected chi connectivity index (χ4v) is 1.65. The highest BCUT2D eigenvalue weighted by molar-refractivity contribution is 5.78. The number of fused-ring (bicyclic) bond motifs is 1. The molecule has 0 saturated carbocycles. The average Bonchev–Trinajstić information content (AvgIpc) is 2.67. The summed E-state index contributed by atoms with van der Waals surface area (Å²) < 4.78 is 5.74. The summed E-state index contributed by atoms with van der Waals surface area (Å²) in [6, 6.07) is 8.64. The standard InChI is InChI=1S/C13H18N2O/c1-9(2)15-8-12-6-11-4-3-10(7-14)5-13(11)16-12/h3-6,9,15H,7-8,14H2,1-2H3. The molecular weight excluding hydrogens is 200 g/mol. The lowest BCUT2D eigenvalue weighted by molar-refractivity contribution is 0.488. The molecule has 0 bridgehead atoms. The van der Waals surface area contributed by atoms with Crippen LogP contribution in [0.5, 0.6) is 0 Å². The summed E-state index contributed by atoms with van der Waals surface area (Å²) in [4.78, 5) is 0. The van der Waals surface area contributed by atoms with E-state index in [1.807, 2.05) is 12.1 Å². The molecule has 86 valence electrons. The third-order valence-corrected chi connectivity index (χ3v) is 2.56. The van der Waals surface area contributed by atoms with Crippen LogP contribution in [0.4, 0.5) is 0 Å². The number of nitrogens with two attached hydrogens (primary N) is 1. The molecule has 0 aliphatic carbocycles. The van der Waals surface area contributed by atoms with Gasteiger partial charge in [-0.05, 0) is 17.7 Å². The molecule has 0 aliphatic heterocycles. The molecule has 0 saturated heterocycles. The fraction of sp³-hybridized carbons (Fsp3) is 0.385. The first-order valence-corrected chi connectivity index (χ1v) is 5.64. The Morgan fingerprint density at radius 3 is 2.81 bits per heavy atom. The van der Waals surface area contributed by atoms with E-state index in [1.54, 1.807) is 0 Å². The van der Waals surface area contributed by atoms with Crippen LogP contribution >= 0.6 is 0 Å². The summed E-state index contributed by atoms with van der Waals surface area (Å²) in [7, 11) is 0. The van der Waals surface area contributed by atoms with Gasteiger partial charge in [-0.2, -0.15) is 0 Å². The molecule has 3 nitrogen and oxygen atoms in total. The van der Waals surface area contributed by atoms with Gasteiger partial charge >= 0.3 is 0 Å². The van der Waals surface area contributed by atoms with E-state index in [9.17, 15) is 0 Å². The maximum absolute atomic E-state index is 5.74. The van der Waals surface area contributed by atoms with Crippen LogP contribution < -0.4 is 11.1 Å². The van der Waals surface area contributed by atoms with Crippen LogP contribution in [0.2, 0.25) is 0 Å². The topological polar surface area (TPSA) is 51.2 Å². The third kappa shape index (κ3) is 2.43. The molecule has 0 spiro atoms. The lowest BCUT2D eigenvalue weighted by Crippen LogP contribution is -2.21. The number of furan rings is 1. The van der Waals surface area contributed by atoms with E-state index >= 15 is 0 Å². The number of benzene rings is 1. The quantitative estimate of drug-likeness (QED) is 0.828. The van der Waals surface area contributed by atoms with Crippen molar-refractivity contribution in [1.29, 1.82) is 0 Å². The molecule has 0 atom stereocenters. The molecule has 16 heavy (non-hydrogen) atoms. The Morgan fingerprint density at radius 2 is 2.12 bits per heavy atom. The smallest absolute Gasteiger partial charge is 0.134 e. The van der Waals surface area contributed by atoms with Gasteiger partial charge in [-0.25, -0.2) is 0 Å². The maximum Gasteiger partial charge on any atom is 0.134 e. The molecule has 3 heteroatoms. The molecule has 0 radical (unpaired) electrons. The zero-order chi connectivity index (χ0) is 11.5. The molecule has 1 aromatic carbocycles. The van der Waals surface area contributed by atoms with Crippen molar-refractivity contribution in [2.45, 2.75) is 33.0 Å². The summed E-state index contributed by atoms with van der Waals surface area (Å²) in [6.07, 6.45) is 0. The molecule has 1 aromatic heterocycles. The van der Waals surface area contributed by atoms with Crippen molar-refractivity contribution in [2.75, 3.05) is 0 Å². The second-order valence-electron chi connectivity index (χ2n) is 4.32. The fourth-order valence-electron chi connectivity index (χ4n) is 1.65. The summed E-state index contributed by atoms with van der Waals surface area (Å²) in [6.45, 7) is 5.56. The first-order chi connectivity index (χ1) is 7.69. The van der Waals surface area contributed by atoms with Gasteiger partial charge in [0.05, 0.1) is 6.54 Å². The van der Waals surface area contributed by atoms with E-state index in [4.69, 9.17) is 10.2 Å². The normalized spacial score (nSPS) is 11.5. The molecule has 1 heterocycles. The summed E-state index contributed by atoms with van der Waals surface area (Å²) >= 11 is 0. The van der Waals surface area contributed by atoms with Gasteiger partial charge < -0.3 is 15.5 Å². The number of hydrogen-bond donors (Lipinski definition) is 2. The second-order valence-corrected chi connectivity index (χ2v) is 4.32. The van der Waals surface area contributed by atoms with Crippen LogP contribution in [0.3, 0.4) is 0 Å². The lowest BCUT2D eigenvalue weighted by atomic mass is 10.2. The highest BCUT2D eigenvalue weighted by Gasteiger charge is 2.04. The van der Waals surface area contributed by atoms with Gasteiger partial charge in [0, 0.05) is 18.0 Å². The Labute approximate surface area is 95.6 Å². The predicted molar refractivity (Wildman–Crippen MR) is 66.1 cm³/mol. The van der Waals surface area contributed by atoms with Crippen molar-refractivity contribution < 1.29 is 4.42 Å². The Kier molecular flexibility index (Phi) is 3.27. The Balaban J connectivity index is 2.22. The van der Waals surface area contributed by atoms with Gasteiger partial charge in [0.25, 0.3) is 0 Å². The number of rotatable bonds is 4. The number of hydrogen-bond acceptors (Lipinski definition) is 3. The second kappa shape index (κ2) is 4.68. The lowest BCUT2D eigenvalue weighted by Gasteiger charge is -2.04. The van der Waals surface area contributed by atoms with Gasteiger partial charge in [0.15, 0.2) is 0 Å². The largest absolute Gasteiger partial charge is 0.460 e. The minimum absolute atomic E-state index is 0.466. The predicted octanol–water partition coefficient (Wildman–Crippen LogP) is 2.39. The maximum atomic E-state index is 5.74. The van der Waals surface area contributed by atoms with Crippen molar-refractivity contribution in [1.82, 2.24) is 5.32 Å². The summed E-state index contributed by atoms with van der Waals surface area (Å²) in [5.41, 5.74) is 7.61. The van der Waals surface area contributed by atoms with Crippen LogP contribution in [-0.2, 0) is 13.1 Å². The first-order valence-electron chi connectivity index (χ1n) is 5.64. The molecule has 3 N–H and O–H groups in total. The van der Waals surface area contributed by atoms with Gasteiger partial charge in [-0.15, -0.1) is 0 Å². The van der Waals surface area contributed by atoms with Crippen molar-refractivity contribution >= 4 is 11.0 Å². The summed E-state index contributed by atoms with van der Waals surface area (Å²) in [5, 5.41) is 4.47. The van der Waals surface area contributed by atoms with E-state index in [2.05, 4.69) is 31.3 Å². The third-order valence-electron chi connectivity index (χ3n) is 2.56. The Morgan fingerprint density at radius 1 is 1.31 bits per heavy atom. The minimum Gasteiger partial charge on any atom is -0.460 e. The van der Waals surface area contributed by atoms with E-state index in [-0.39, 0.29) is 0 Å². The van der Waals surface area contributed by atoms with Crippen molar-refractivity contribution in [3.8, 4) is 0 Å². The van der Waals surface area contributed by atoms with E-state index in [0.717, 1.165) is 28.8 Å². The molecule has 0 amide bonds. The van der Waals surface area contributed by atoms with Gasteiger partial charge in [0.1, 0.15) is 11.3 Å². The van der Waals surface area contributed by atoms with Crippen LogP contribution in [0.1, 0.15) is 25.2 Å². The van der Waals surface area contributed by atoms with E-state index in [1.165, 1.54) is 0 Å². The summed E-state index contributed by atoms with van der Waals surface area (Å²) in [5.74, 6) is 0.970. The SMILES string of the molecule is CC(C)NCc1cc2ccc(CN)cc2o1. The van der Waals surface area contributed by atoms with Gasteiger partial charge in [-0.3, -0.25) is 0 Å². The van der Waals surface area contributed by atoms with Crippen LogP contribution in [0.15, 0.2) is 28.7 Å². The highest BCUT2D eigenvalue weighted by Crippen LogP contribution is 2.20. The van der Waals surface area contributed by atoms with Crippen LogP contribution in [0, 0.1) is 0 Å². The zero-order valence-electron chi connectivity index (χ0n) is 9.79. The zero-order valence-corrected chi connectivity index (χ0v) is 9.79. The molecule has 2 rings (SSSR count). The monoisotopic (exact) mass is 218 g/mol. The molecular formula is C13H18N2O. The average molecular weight is 218 g/mol. The van der Waals surface area contributed by atoms with Gasteiger partial charge in [-0.1, -0.05) is 26.0 Å². The first kappa shape index (κ1) is 11.2. The molecule has 0 unspecified atom stereocenters. The van der Waals surface area contributed by atoms with Gasteiger partial charge in [0.2, 0.25) is 0 Å². The molecule has 2 aromatic rings. The molecule has 0 fully saturated rings.